The molecule has 0 radical (unpaired) electrons. The Balaban J connectivity index is 1.79. The van der Waals surface area contributed by atoms with E-state index in [0.717, 1.165) is 9.59 Å². The van der Waals surface area contributed by atoms with Gasteiger partial charge in [-0.05, 0) is 22.9 Å². The van der Waals surface area contributed by atoms with Gasteiger partial charge in [-0.15, -0.1) is 0 Å². The molecule has 0 bridgehead atoms. The lowest BCUT2D eigenvalue weighted by molar-refractivity contribution is 0.0892. The van der Waals surface area contributed by atoms with Crippen molar-refractivity contribution >= 4 is 27.5 Å². The second-order valence-corrected chi connectivity index (χ2v) is 6.04. The number of rotatable bonds is 5. The third-order valence-corrected chi connectivity index (χ3v) is 4.54. The highest BCUT2D eigenvalue weighted by Crippen LogP contribution is 2.30. The molecule has 7 heteroatoms. The number of carbonyl (C=O) groups excluding carboxylic acids is 1. The van der Waals surface area contributed by atoms with E-state index in [1.165, 1.54) is 33.7 Å². The van der Waals surface area contributed by atoms with Crippen molar-refractivity contribution in [2.45, 2.75) is 11.4 Å². The molecule has 19 heavy (non-hydrogen) atoms. The van der Waals surface area contributed by atoms with Gasteiger partial charge in [0.1, 0.15) is 5.03 Å². The van der Waals surface area contributed by atoms with Crippen LogP contribution in [0, 0.1) is 0 Å². The Morgan fingerprint density at radius 3 is 2.58 bits per heavy atom. The quantitative estimate of drug-likeness (QED) is 0.653. The van der Waals surface area contributed by atoms with Crippen LogP contribution in [0.5, 0.6) is 11.8 Å². The summed E-state index contributed by atoms with van der Waals surface area (Å²) in [6, 6.07) is 8.20. The lowest BCUT2D eigenvalue weighted by Gasteiger charge is -2.04. The Hall–Kier alpha value is -1.60. The lowest BCUT2D eigenvalue weighted by atomic mass is 10.4. The van der Waals surface area contributed by atoms with Crippen LogP contribution in [0.4, 0.5) is 0 Å². The molecule has 0 saturated carbocycles. The molecule has 2 N–H and O–H groups in total. The lowest BCUT2D eigenvalue weighted by Crippen LogP contribution is -2.09. The van der Waals surface area contributed by atoms with Gasteiger partial charge in [0.25, 0.3) is 0 Å². The normalized spacial score (nSPS) is 10.5. The molecule has 0 spiro atoms. The molecule has 2 rings (SSSR count). The fraction of sp³-hybridized carbons (Fsp3) is 0.167. The molecule has 0 aromatic carbocycles. The number of carbonyl (C=O) groups is 1. The zero-order valence-corrected chi connectivity index (χ0v) is 11.5. The molecule has 2 heterocycles. The SMILES string of the molecule is O=C(CCSSc1ccccn1)n1c(O)ccc1O. The number of nitrogens with zero attached hydrogens (tertiary/aromatic N) is 2. The zero-order chi connectivity index (χ0) is 13.7. The topological polar surface area (TPSA) is 75.4 Å². The fourth-order valence-corrected chi connectivity index (χ4v) is 3.27. The Kier molecular flexibility index (Phi) is 4.75. The van der Waals surface area contributed by atoms with Crippen molar-refractivity contribution in [1.29, 1.82) is 0 Å². The summed E-state index contributed by atoms with van der Waals surface area (Å²) in [6.07, 6.45) is 1.93. The molecule has 0 atom stereocenters. The summed E-state index contributed by atoms with van der Waals surface area (Å²) in [5.41, 5.74) is 0. The van der Waals surface area contributed by atoms with Crippen LogP contribution in [0.25, 0.3) is 0 Å². The van der Waals surface area contributed by atoms with Gasteiger partial charge in [-0.3, -0.25) is 4.79 Å². The number of hydrogen-bond donors (Lipinski definition) is 2. The van der Waals surface area contributed by atoms with Crippen LogP contribution in [-0.4, -0.2) is 31.4 Å². The minimum absolute atomic E-state index is 0.223. The van der Waals surface area contributed by atoms with Crippen molar-refractivity contribution in [1.82, 2.24) is 9.55 Å². The Morgan fingerprint density at radius 1 is 1.21 bits per heavy atom. The van der Waals surface area contributed by atoms with Gasteiger partial charge >= 0.3 is 0 Å². The van der Waals surface area contributed by atoms with Crippen molar-refractivity contribution < 1.29 is 15.0 Å². The largest absolute Gasteiger partial charge is 0.494 e. The fourth-order valence-electron chi connectivity index (χ4n) is 1.41. The highest BCUT2D eigenvalue weighted by molar-refractivity contribution is 8.76. The molecular formula is C12H12N2O3S2. The van der Waals surface area contributed by atoms with E-state index >= 15 is 0 Å². The summed E-state index contributed by atoms with van der Waals surface area (Å²) in [4.78, 5) is 15.9. The zero-order valence-electron chi connectivity index (χ0n) is 9.89. The average Bonchev–Trinajstić information content (AvgIpc) is 2.75. The molecule has 100 valence electrons. The van der Waals surface area contributed by atoms with E-state index in [9.17, 15) is 15.0 Å². The van der Waals surface area contributed by atoms with Gasteiger partial charge < -0.3 is 10.2 Å². The molecule has 0 saturated heterocycles. The summed E-state index contributed by atoms with van der Waals surface area (Å²) in [6.45, 7) is 0. The summed E-state index contributed by atoms with van der Waals surface area (Å²) < 4.78 is 0.895. The van der Waals surface area contributed by atoms with Gasteiger partial charge in [-0.2, -0.15) is 0 Å². The van der Waals surface area contributed by atoms with E-state index in [1.807, 2.05) is 18.2 Å². The molecule has 0 aliphatic carbocycles. The first kappa shape index (κ1) is 13.8. The van der Waals surface area contributed by atoms with Gasteiger partial charge in [-0.25, -0.2) is 9.55 Å². The van der Waals surface area contributed by atoms with Crippen molar-refractivity contribution in [3.63, 3.8) is 0 Å². The van der Waals surface area contributed by atoms with Crippen LogP contribution < -0.4 is 0 Å². The molecule has 0 amide bonds. The van der Waals surface area contributed by atoms with Crippen LogP contribution in [0.15, 0.2) is 41.6 Å². The number of hydrogen-bond acceptors (Lipinski definition) is 6. The van der Waals surface area contributed by atoms with E-state index in [1.54, 1.807) is 6.20 Å². The van der Waals surface area contributed by atoms with E-state index in [-0.39, 0.29) is 24.1 Å². The van der Waals surface area contributed by atoms with Crippen LogP contribution in [0.2, 0.25) is 0 Å². The maximum atomic E-state index is 11.8. The number of aromatic nitrogens is 2. The minimum atomic E-state index is -0.339. The summed E-state index contributed by atoms with van der Waals surface area (Å²) in [5, 5.41) is 19.7. The number of pyridine rings is 1. The van der Waals surface area contributed by atoms with Gasteiger partial charge in [0.05, 0.1) is 0 Å². The van der Waals surface area contributed by atoms with Crippen LogP contribution >= 0.6 is 21.6 Å². The maximum Gasteiger partial charge on any atom is 0.237 e. The van der Waals surface area contributed by atoms with Crippen molar-refractivity contribution in [3.05, 3.63) is 36.5 Å². The average molecular weight is 296 g/mol. The predicted octanol–water partition coefficient (Wildman–Crippen LogP) is 2.77. The van der Waals surface area contributed by atoms with Gasteiger partial charge in [0.2, 0.25) is 17.7 Å². The molecule has 0 unspecified atom stereocenters. The summed E-state index contributed by atoms with van der Waals surface area (Å²) in [5.74, 6) is -0.263. The van der Waals surface area contributed by atoms with Crippen LogP contribution in [0.1, 0.15) is 11.2 Å². The first-order valence-corrected chi connectivity index (χ1v) is 7.84. The van der Waals surface area contributed by atoms with Crippen molar-refractivity contribution in [2.75, 3.05) is 5.75 Å². The monoisotopic (exact) mass is 296 g/mol. The van der Waals surface area contributed by atoms with E-state index in [4.69, 9.17) is 0 Å². The first-order valence-electron chi connectivity index (χ1n) is 5.52. The molecule has 0 fully saturated rings. The smallest absolute Gasteiger partial charge is 0.237 e. The molecule has 2 aromatic heterocycles. The Bertz CT molecular complexity index is 538. The number of aromatic hydroxyl groups is 2. The molecule has 0 aliphatic heterocycles. The molecular weight excluding hydrogens is 284 g/mol. The highest BCUT2D eigenvalue weighted by atomic mass is 33.1. The minimum Gasteiger partial charge on any atom is -0.494 e. The third-order valence-electron chi connectivity index (χ3n) is 2.27. The third kappa shape index (κ3) is 3.68. The highest BCUT2D eigenvalue weighted by Gasteiger charge is 2.13. The van der Waals surface area contributed by atoms with Crippen molar-refractivity contribution in [3.8, 4) is 11.8 Å². The predicted molar refractivity (Wildman–Crippen MR) is 75.6 cm³/mol. The second kappa shape index (κ2) is 6.53. The van der Waals surface area contributed by atoms with E-state index < -0.39 is 0 Å². The Morgan fingerprint density at radius 2 is 1.95 bits per heavy atom. The van der Waals surface area contributed by atoms with Crippen LogP contribution in [0.3, 0.4) is 0 Å². The van der Waals surface area contributed by atoms with Gasteiger partial charge in [-0.1, -0.05) is 16.9 Å². The first-order chi connectivity index (χ1) is 9.18. The maximum absolute atomic E-state index is 11.8. The molecule has 0 aliphatic rings. The Labute approximate surface area is 118 Å². The van der Waals surface area contributed by atoms with Crippen molar-refractivity contribution in [2.24, 2.45) is 0 Å². The standard InChI is InChI=1S/C12H12N2O3S2/c15-10-4-5-11(16)14(10)12(17)6-8-18-19-9-3-1-2-7-13-9/h1-5,7,15-16H,6,8H2. The van der Waals surface area contributed by atoms with E-state index in [2.05, 4.69) is 4.98 Å². The second-order valence-electron chi connectivity index (χ2n) is 3.60. The van der Waals surface area contributed by atoms with Gasteiger partial charge in [0.15, 0.2) is 0 Å². The van der Waals surface area contributed by atoms with E-state index in [0.29, 0.717) is 5.75 Å². The van der Waals surface area contributed by atoms with Crippen LogP contribution in [-0.2, 0) is 0 Å². The molecule has 2 aromatic rings. The summed E-state index contributed by atoms with van der Waals surface area (Å²) >= 11 is 0. The summed E-state index contributed by atoms with van der Waals surface area (Å²) in [7, 11) is 2.99. The van der Waals surface area contributed by atoms with Gasteiger partial charge in [0, 0.05) is 30.5 Å². The molecule has 5 nitrogen and oxygen atoms in total.